The summed E-state index contributed by atoms with van der Waals surface area (Å²) < 4.78 is 5.10. The fraction of sp³-hybridized carbons (Fsp3) is 1.00. The lowest BCUT2D eigenvalue weighted by molar-refractivity contribution is -0.280. The van der Waals surface area contributed by atoms with Crippen LogP contribution in [0.3, 0.4) is 0 Å². The van der Waals surface area contributed by atoms with E-state index in [2.05, 4.69) is 0 Å². The van der Waals surface area contributed by atoms with Crippen molar-refractivity contribution in [2.24, 2.45) is 17.8 Å². The number of hydrogen-bond acceptors (Lipinski definition) is 5. The van der Waals surface area contributed by atoms with E-state index in [1.165, 1.54) is 0 Å². The molecule has 16 heavy (non-hydrogen) atoms. The van der Waals surface area contributed by atoms with Crippen molar-refractivity contribution in [1.82, 2.24) is 0 Å². The number of ether oxygens (including phenoxy) is 1. The van der Waals surface area contributed by atoms with Crippen molar-refractivity contribution in [3.63, 3.8) is 0 Å². The van der Waals surface area contributed by atoms with E-state index in [9.17, 15) is 15.3 Å². The van der Waals surface area contributed by atoms with Crippen LogP contribution in [0.4, 0.5) is 0 Å². The summed E-state index contributed by atoms with van der Waals surface area (Å²) in [5, 5.41) is 38.3. The first-order valence-corrected chi connectivity index (χ1v) is 5.70. The molecular weight excluding hydrogens is 212 g/mol. The van der Waals surface area contributed by atoms with E-state index in [1.807, 2.05) is 20.8 Å². The highest BCUT2D eigenvalue weighted by atomic mass is 16.6. The summed E-state index contributed by atoms with van der Waals surface area (Å²) in [6.07, 6.45) is -4.29. The predicted octanol–water partition coefficient (Wildman–Crippen LogP) is -0.674. The van der Waals surface area contributed by atoms with E-state index in [0.29, 0.717) is 0 Å². The highest BCUT2D eigenvalue weighted by Crippen LogP contribution is 2.33. The largest absolute Gasteiger partial charge is 0.394 e. The maximum absolute atomic E-state index is 9.93. The average molecular weight is 234 g/mol. The van der Waals surface area contributed by atoms with Gasteiger partial charge in [-0.25, -0.2) is 0 Å². The van der Waals surface area contributed by atoms with E-state index < -0.39 is 37.1 Å². The SMILES string of the molecule is CC(C)C(C)[C@H]1[C@H](O)[C@@H](O)[C@H](CO)O[C@H]1O. The zero-order chi connectivity index (χ0) is 12.5. The Kier molecular flexibility index (Phi) is 4.70. The maximum atomic E-state index is 9.93. The first-order valence-electron chi connectivity index (χ1n) is 5.70. The Bertz CT molecular complexity index is 220. The molecule has 4 N–H and O–H groups in total. The molecule has 0 bridgehead atoms. The third kappa shape index (κ3) is 2.55. The number of rotatable bonds is 3. The Morgan fingerprint density at radius 2 is 1.62 bits per heavy atom. The van der Waals surface area contributed by atoms with Gasteiger partial charge in [0.15, 0.2) is 6.29 Å². The topological polar surface area (TPSA) is 90.2 Å². The highest BCUT2D eigenvalue weighted by molar-refractivity contribution is 4.91. The van der Waals surface area contributed by atoms with Crippen LogP contribution in [0.2, 0.25) is 0 Å². The first kappa shape index (κ1) is 13.9. The van der Waals surface area contributed by atoms with Gasteiger partial charge in [-0.2, -0.15) is 0 Å². The van der Waals surface area contributed by atoms with Crippen LogP contribution in [0.25, 0.3) is 0 Å². The number of aliphatic hydroxyl groups is 4. The monoisotopic (exact) mass is 234 g/mol. The van der Waals surface area contributed by atoms with Crippen molar-refractivity contribution >= 4 is 0 Å². The third-order valence-corrected chi connectivity index (χ3v) is 3.61. The summed E-state index contributed by atoms with van der Waals surface area (Å²) in [5.41, 5.74) is 0. The molecule has 1 saturated heterocycles. The van der Waals surface area contributed by atoms with Gasteiger partial charge in [0.2, 0.25) is 0 Å². The molecule has 0 aliphatic carbocycles. The van der Waals surface area contributed by atoms with Crippen molar-refractivity contribution in [3.05, 3.63) is 0 Å². The van der Waals surface area contributed by atoms with Crippen LogP contribution in [-0.4, -0.2) is 51.6 Å². The molecule has 1 aliphatic heterocycles. The van der Waals surface area contributed by atoms with Crippen LogP contribution in [0.5, 0.6) is 0 Å². The molecule has 0 spiro atoms. The molecule has 96 valence electrons. The summed E-state index contributed by atoms with van der Waals surface area (Å²) in [4.78, 5) is 0. The summed E-state index contributed by atoms with van der Waals surface area (Å²) in [6.45, 7) is 5.44. The fourth-order valence-corrected chi connectivity index (χ4v) is 2.13. The minimum absolute atomic E-state index is 0.0132. The van der Waals surface area contributed by atoms with Crippen molar-refractivity contribution < 1.29 is 25.2 Å². The molecule has 0 aromatic carbocycles. The maximum Gasteiger partial charge on any atom is 0.160 e. The smallest absolute Gasteiger partial charge is 0.160 e. The molecule has 1 unspecified atom stereocenters. The molecule has 5 heteroatoms. The Morgan fingerprint density at radius 3 is 2.06 bits per heavy atom. The Hall–Kier alpha value is -0.200. The van der Waals surface area contributed by atoms with Gasteiger partial charge in [-0.15, -0.1) is 0 Å². The van der Waals surface area contributed by atoms with Gasteiger partial charge in [-0.3, -0.25) is 0 Å². The Morgan fingerprint density at radius 1 is 1.06 bits per heavy atom. The lowest BCUT2D eigenvalue weighted by Gasteiger charge is -2.43. The zero-order valence-corrected chi connectivity index (χ0v) is 9.95. The normalized spacial score (nSPS) is 42.4. The van der Waals surface area contributed by atoms with Gasteiger partial charge in [-0.05, 0) is 11.8 Å². The summed E-state index contributed by atoms with van der Waals surface area (Å²) in [6, 6.07) is 0. The van der Waals surface area contributed by atoms with Crippen LogP contribution in [0.1, 0.15) is 20.8 Å². The molecule has 6 atom stereocenters. The molecule has 0 radical (unpaired) electrons. The summed E-state index contributed by atoms with van der Waals surface area (Å²) in [7, 11) is 0. The van der Waals surface area contributed by atoms with Gasteiger partial charge in [0.25, 0.3) is 0 Å². The van der Waals surface area contributed by atoms with E-state index in [0.717, 1.165) is 0 Å². The minimum atomic E-state index is -1.15. The van der Waals surface area contributed by atoms with Crippen LogP contribution in [-0.2, 0) is 4.74 Å². The van der Waals surface area contributed by atoms with Gasteiger partial charge in [0.1, 0.15) is 12.2 Å². The van der Waals surface area contributed by atoms with Gasteiger partial charge >= 0.3 is 0 Å². The molecule has 5 nitrogen and oxygen atoms in total. The lowest BCUT2D eigenvalue weighted by Crippen LogP contribution is -2.57. The van der Waals surface area contributed by atoms with Gasteiger partial charge in [-0.1, -0.05) is 20.8 Å². The highest BCUT2D eigenvalue weighted by Gasteiger charge is 2.46. The second-order valence-electron chi connectivity index (χ2n) is 4.91. The molecule has 0 aromatic rings. The van der Waals surface area contributed by atoms with Crippen molar-refractivity contribution in [3.8, 4) is 0 Å². The number of hydrogen-bond donors (Lipinski definition) is 4. The Labute approximate surface area is 95.7 Å². The first-order chi connectivity index (χ1) is 7.40. The predicted molar refractivity (Wildman–Crippen MR) is 57.5 cm³/mol. The summed E-state index contributed by atoms with van der Waals surface area (Å²) in [5.74, 6) is -0.257. The quantitative estimate of drug-likeness (QED) is 0.520. The molecule has 0 saturated carbocycles. The van der Waals surface area contributed by atoms with Crippen molar-refractivity contribution in [2.45, 2.75) is 45.4 Å². The standard InChI is InChI=1S/C11H22O5/c1-5(2)6(3)8-10(14)9(13)7(4-12)16-11(8)15/h5-15H,4H2,1-3H3/t6?,7-,8-,9-,10-,11+/m0/s1. The van der Waals surface area contributed by atoms with Crippen LogP contribution < -0.4 is 0 Å². The zero-order valence-electron chi connectivity index (χ0n) is 9.95. The van der Waals surface area contributed by atoms with Gasteiger partial charge < -0.3 is 25.2 Å². The molecule has 1 aliphatic rings. The second kappa shape index (κ2) is 5.42. The molecule has 1 fully saturated rings. The molecule has 1 heterocycles. The molecule has 0 amide bonds. The second-order valence-corrected chi connectivity index (χ2v) is 4.91. The van der Waals surface area contributed by atoms with E-state index in [1.54, 1.807) is 0 Å². The van der Waals surface area contributed by atoms with E-state index >= 15 is 0 Å². The van der Waals surface area contributed by atoms with Crippen molar-refractivity contribution in [2.75, 3.05) is 6.61 Å². The molecule has 1 rings (SSSR count). The molecular formula is C11H22O5. The van der Waals surface area contributed by atoms with E-state index in [4.69, 9.17) is 9.84 Å². The average Bonchev–Trinajstić information content (AvgIpc) is 2.23. The van der Waals surface area contributed by atoms with Crippen LogP contribution in [0.15, 0.2) is 0 Å². The Balaban J connectivity index is 2.79. The fourth-order valence-electron chi connectivity index (χ4n) is 2.13. The van der Waals surface area contributed by atoms with Crippen LogP contribution in [0, 0.1) is 17.8 Å². The van der Waals surface area contributed by atoms with Crippen molar-refractivity contribution in [1.29, 1.82) is 0 Å². The molecule has 0 aromatic heterocycles. The van der Waals surface area contributed by atoms with Crippen LogP contribution >= 0.6 is 0 Å². The summed E-state index contributed by atoms with van der Waals surface area (Å²) >= 11 is 0. The minimum Gasteiger partial charge on any atom is -0.394 e. The third-order valence-electron chi connectivity index (χ3n) is 3.61. The van der Waals surface area contributed by atoms with Gasteiger partial charge in [0, 0.05) is 5.92 Å². The lowest BCUT2D eigenvalue weighted by atomic mass is 9.77. The van der Waals surface area contributed by atoms with Gasteiger partial charge in [0.05, 0.1) is 12.7 Å². The number of aliphatic hydroxyl groups excluding tert-OH is 4. The van der Waals surface area contributed by atoms with E-state index in [-0.39, 0.29) is 11.8 Å².